The third kappa shape index (κ3) is 3.86. The molecule has 0 heterocycles. The first kappa shape index (κ1) is 11.6. The molecule has 0 rings (SSSR count). The van der Waals surface area contributed by atoms with E-state index in [1.54, 1.807) is 6.08 Å². The van der Waals surface area contributed by atoms with Gasteiger partial charge < -0.3 is 9.05 Å². The lowest BCUT2D eigenvalue weighted by molar-refractivity contribution is 0.278. The average Bonchev–Trinajstić information content (AvgIpc) is 2.05. The highest BCUT2D eigenvalue weighted by atomic mass is 31.2. The van der Waals surface area contributed by atoms with Gasteiger partial charge in [0, 0.05) is 14.2 Å². The summed E-state index contributed by atoms with van der Waals surface area (Å²) in [6.45, 7) is 7.27. The van der Waals surface area contributed by atoms with Crippen LogP contribution in [-0.4, -0.2) is 20.4 Å². The Morgan fingerprint density at radius 2 is 2.00 bits per heavy atom. The molecule has 12 heavy (non-hydrogen) atoms. The molecule has 0 atom stereocenters. The van der Waals surface area contributed by atoms with Crippen LogP contribution in [0.2, 0.25) is 0 Å². The van der Waals surface area contributed by atoms with Gasteiger partial charge in [0.15, 0.2) is 0 Å². The molecular weight excluding hydrogens is 175 g/mol. The van der Waals surface area contributed by atoms with Gasteiger partial charge in [-0.1, -0.05) is 18.2 Å². The van der Waals surface area contributed by atoms with E-state index < -0.39 is 7.60 Å². The molecule has 4 heteroatoms. The highest BCUT2D eigenvalue weighted by Gasteiger charge is 2.21. The van der Waals surface area contributed by atoms with E-state index in [-0.39, 0.29) is 6.16 Å². The van der Waals surface area contributed by atoms with Crippen molar-refractivity contribution in [2.24, 2.45) is 0 Å². The van der Waals surface area contributed by atoms with Gasteiger partial charge in [-0.15, -0.1) is 6.58 Å². The summed E-state index contributed by atoms with van der Waals surface area (Å²) >= 11 is 0. The summed E-state index contributed by atoms with van der Waals surface area (Å²) in [5, 5.41) is 0. The Kier molecular flexibility index (Phi) is 5.14. The van der Waals surface area contributed by atoms with Crippen molar-refractivity contribution in [2.45, 2.75) is 6.42 Å². The van der Waals surface area contributed by atoms with Crippen molar-refractivity contribution in [3.8, 4) is 0 Å². The van der Waals surface area contributed by atoms with Crippen LogP contribution in [0.1, 0.15) is 6.42 Å². The summed E-state index contributed by atoms with van der Waals surface area (Å²) in [5.41, 5.74) is 0.803. The zero-order valence-corrected chi connectivity index (χ0v) is 8.47. The van der Waals surface area contributed by atoms with Gasteiger partial charge in [0.05, 0.1) is 6.16 Å². The molecule has 0 aliphatic carbocycles. The van der Waals surface area contributed by atoms with Gasteiger partial charge in [-0.25, -0.2) is 0 Å². The van der Waals surface area contributed by atoms with Crippen LogP contribution < -0.4 is 0 Å². The second-order valence-electron chi connectivity index (χ2n) is 2.38. The van der Waals surface area contributed by atoms with Crippen molar-refractivity contribution in [3.63, 3.8) is 0 Å². The quantitative estimate of drug-likeness (QED) is 0.477. The molecule has 0 aliphatic rings. The van der Waals surface area contributed by atoms with Crippen LogP contribution >= 0.6 is 7.60 Å². The monoisotopic (exact) mass is 190 g/mol. The van der Waals surface area contributed by atoms with Crippen LogP contribution in [0, 0.1) is 0 Å². The van der Waals surface area contributed by atoms with Gasteiger partial charge in [-0.3, -0.25) is 4.57 Å². The number of rotatable bonds is 6. The SMILES string of the molecule is C=CCC(=C)CP(=O)(OC)OC. The Bertz CT molecular complexity index is 202. The highest BCUT2D eigenvalue weighted by molar-refractivity contribution is 7.54. The van der Waals surface area contributed by atoms with Crippen LogP contribution in [0.25, 0.3) is 0 Å². The van der Waals surface area contributed by atoms with Crippen LogP contribution in [0.4, 0.5) is 0 Å². The van der Waals surface area contributed by atoms with Crippen molar-refractivity contribution in [1.29, 1.82) is 0 Å². The minimum Gasteiger partial charge on any atom is -0.312 e. The molecule has 0 spiro atoms. The molecule has 0 saturated carbocycles. The third-order valence-corrected chi connectivity index (χ3v) is 3.35. The van der Waals surface area contributed by atoms with Crippen molar-refractivity contribution >= 4 is 7.60 Å². The van der Waals surface area contributed by atoms with E-state index in [4.69, 9.17) is 9.05 Å². The standard InChI is InChI=1S/C8H15O3P/c1-5-6-8(2)7-12(9,10-3)11-4/h5H,1-2,6-7H2,3-4H3. The maximum absolute atomic E-state index is 11.5. The topological polar surface area (TPSA) is 35.5 Å². The Balaban J connectivity index is 4.12. The van der Waals surface area contributed by atoms with Crippen LogP contribution in [0.5, 0.6) is 0 Å². The molecule has 0 aromatic rings. The van der Waals surface area contributed by atoms with E-state index in [9.17, 15) is 4.57 Å². The van der Waals surface area contributed by atoms with E-state index in [0.29, 0.717) is 6.42 Å². The van der Waals surface area contributed by atoms with E-state index >= 15 is 0 Å². The molecule has 0 bridgehead atoms. The summed E-state index contributed by atoms with van der Waals surface area (Å²) in [4.78, 5) is 0. The molecule has 0 amide bonds. The molecule has 0 radical (unpaired) electrons. The van der Waals surface area contributed by atoms with Crippen LogP contribution in [0.3, 0.4) is 0 Å². The van der Waals surface area contributed by atoms with E-state index in [1.807, 2.05) is 0 Å². The predicted molar refractivity (Wildman–Crippen MR) is 50.4 cm³/mol. The van der Waals surface area contributed by atoms with Gasteiger partial charge >= 0.3 is 7.60 Å². The zero-order valence-electron chi connectivity index (χ0n) is 7.58. The summed E-state index contributed by atoms with van der Waals surface area (Å²) in [5.74, 6) is 0. The average molecular weight is 190 g/mol. The first-order valence-electron chi connectivity index (χ1n) is 3.56. The van der Waals surface area contributed by atoms with Crippen LogP contribution in [-0.2, 0) is 13.6 Å². The minimum atomic E-state index is -2.91. The third-order valence-electron chi connectivity index (χ3n) is 1.41. The van der Waals surface area contributed by atoms with Crippen molar-refractivity contribution in [3.05, 3.63) is 24.8 Å². The molecule has 0 saturated heterocycles. The molecule has 0 N–H and O–H groups in total. The van der Waals surface area contributed by atoms with Gasteiger partial charge in [0.25, 0.3) is 0 Å². The van der Waals surface area contributed by atoms with Crippen molar-refractivity contribution in [2.75, 3.05) is 20.4 Å². The Hall–Kier alpha value is -0.370. The number of allylic oxidation sites excluding steroid dienone is 2. The number of hydrogen-bond donors (Lipinski definition) is 0. The largest absolute Gasteiger partial charge is 0.334 e. The van der Waals surface area contributed by atoms with Crippen molar-refractivity contribution < 1.29 is 13.6 Å². The summed E-state index contributed by atoms with van der Waals surface area (Å²) < 4.78 is 21.0. The molecule has 70 valence electrons. The fraction of sp³-hybridized carbons (Fsp3) is 0.500. The van der Waals surface area contributed by atoms with Crippen molar-refractivity contribution in [1.82, 2.24) is 0 Å². The van der Waals surface area contributed by atoms with Crippen LogP contribution in [0.15, 0.2) is 24.8 Å². The molecule has 3 nitrogen and oxygen atoms in total. The maximum atomic E-state index is 11.5. The molecular formula is C8H15O3P. The Labute approximate surface area is 73.6 Å². The van der Waals surface area contributed by atoms with E-state index in [1.165, 1.54) is 14.2 Å². The predicted octanol–water partition coefficient (Wildman–Crippen LogP) is 2.60. The first-order valence-corrected chi connectivity index (χ1v) is 5.29. The lowest BCUT2D eigenvalue weighted by Crippen LogP contribution is -1.96. The lowest BCUT2D eigenvalue weighted by atomic mass is 10.2. The first-order chi connectivity index (χ1) is 5.58. The maximum Gasteiger partial charge on any atom is 0.334 e. The second-order valence-corrected chi connectivity index (χ2v) is 4.65. The fourth-order valence-corrected chi connectivity index (χ4v) is 1.83. The zero-order chi connectivity index (χ0) is 9.61. The Morgan fingerprint density at radius 1 is 1.50 bits per heavy atom. The molecule has 0 aromatic carbocycles. The van der Waals surface area contributed by atoms with Gasteiger partial charge in [0.1, 0.15) is 0 Å². The second kappa shape index (κ2) is 5.31. The molecule has 0 unspecified atom stereocenters. The van der Waals surface area contributed by atoms with Gasteiger partial charge in [-0.2, -0.15) is 0 Å². The lowest BCUT2D eigenvalue weighted by Gasteiger charge is -2.13. The number of hydrogen-bond acceptors (Lipinski definition) is 3. The molecule has 0 aromatic heterocycles. The summed E-state index contributed by atoms with van der Waals surface area (Å²) in [6, 6.07) is 0. The smallest absolute Gasteiger partial charge is 0.312 e. The normalized spacial score (nSPS) is 11.2. The molecule has 0 fully saturated rings. The van der Waals surface area contributed by atoms with Gasteiger partial charge in [0.2, 0.25) is 0 Å². The van der Waals surface area contributed by atoms with E-state index in [2.05, 4.69) is 13.2 Å². The Morgan fingerprint density at radius 3 is 2.33 bits per heavy atom. The minimum absolute atomic E-state index is 0.256. The van der Waals surface area contributed by atoms with Gasteiger partial charge in [-0.05, 0) is 6.42 Å². The summed E-state index contributed by atoms with van der Waals surface area (Å²) in [6.07, 6.45) is 2.60. The molecule has 0 aliphatic heterocycles. The van der Waals surface area contributed by atoms with E-state index in [0.717, 1.165) is 5.57 Å². The summed E-state index contributed by atoms with van der Waals surface area (Å²) in [7, 11) is -0.181. The highest BCUT2D eigenvalue weighted by Crippen LogP contribution is 2.47. The fourth-order valence-electron chi connectivity index (χ4n) is 0.746.